The number of halogens is 7. The monoisotopic (exact) mass is 596 g/mol. The minimum absolute atomic E-state index is 0.145. The maximum Gasteiger partial charge on any atom is 0.490 e. The van der Waals surface area contributed by atoms with Crippen molar-refractivity contribution in [3.05, 3.63) is 53.7 Å². The number of nitrogens with zero attached hydrogens (tertiary/aromatic N) is 4. The van der Waals surface area contributed by atoms with Gasteiger partial charge in [-0.2, -0.15) is 36.0 Å². The summed E-state index contributed by atoms with van der Waals surface area (Å²) in [5, 5.41) is 23.1. The third-order valence-corrected chi connectivity index (χ3v) is 5.64. The molecule has 0 spiro atoms. The van der Waals surface area contributed by atoms with E-state index >= 15 is 0 Å². The van der Waals surface area contributed by atoms with Crippen LogP contribution in [0.4, 0.5) is 30.7 Å². The molecule has 18 heteroatoms. The standard InChI is InChI=1S/C19H17FN4O3.2C2HF3O2/c20-16-5-14(3-4-22-16)18(25)24-8-15-9-26-11-19(15,10-24)12-27-17-2-1-13(6-21)7-23-17;2*3-2(4,5)1(6)7/h1-5,7,15H,8-12H2;2*(H,6,7)/t15-,19+;;/m1../s1. The molecule has 2 aliphatic rings. The first-order valence-corrected chi connectivity index (χ1v) is 11.1. The van der Waals surface area contributed by atoms with Crippen LogP contribution in [-0.4, -0.2) is 88.2 Å². The Kier molecular flexibility index (Phi) is 10.5. The molecule has 2 atom stereocenters. The minimum atomic E-state index is -5.08. The summed E-state index contributed by atoms with van der Waals surface area (Å²) in [5.74, 6) is -5.84. The lowest BCUT2D eigenvalue weighted by molar-refractivity contribution is -0.193. The minimum Gasteiger partial charge on any atom is -0.477 e. The van der Waals surface area contributed by atoms with E-state index in [0.29, 0.717) is 44.4 Å². The summed E-state index contributed by atoms with van der Waals surface area (Å²) in [4.78, 5) is 39.8. The Labute approximate surface area is 225 Å². The summed E-state index contributed by atoms with van der Waals surface area (Å²) in [7, 11) is 0. The molecule has 0 radical (unpaired) electrons. The molecule has 2 N–H and O–H groups in total. The van der Waals surface area contributed by atoms with Crippen molar-refractivity contribution in [2.45, 2.75) is 12.4 Å². The first kappa shape index (κ1) is 32.7. The van der Waals surface area contributed by atoms with E-state index in [1.807, 2.05) is 6.07 Å². The number of hydrogen-bond donors (Lipinski definition) is 2. The Morgan fingerprint density at radius 1 is 1.10 bits per heavy atom. The second-order valence-corrected chi connectivity index (χ2v) is 8.52. The third-order valence-electron chi connectivity index (χ3n) is 5.64. The average Bonchev–Trinajstić information content (AvgIpc) is 3.45. The van der Waals surface area contributed by atoms with E-state index in [1.54, 1.807) is 17.0 Å². The van der Waals surface area contributed by atoms with Gasteiger partial charge in [-0.3, -0.25) is 4.79 Å². The van der Waals surface area contributed by atoms with Crippen molar-refractivity contribution in [3.63, 3.8) is 0 Å². The Hall–Kier alpha value is -4.53. The van der Waals surface area contributed by atoms with Gasteiger partial charge in [0.15, 0.2) is 0 Å². The average molecular weight is 596 g/mol. The molecule has 4 heterocycles. The maximum absolute atomic E-state index is 13.3. The number of rotatable bonds is 4. The Morgan fingerprint density at radius 3 is 2.20 bits per heavy atom. The molecule has 2 aromatic rings. The summed E-state index contributed by atoms with van der Waals surface area (Å²) in [6.07, 6.45) is -7.42. The molecular weight excluding hydrogens is 577 g/mol. The number of fused-ring (bicyclic) bond motifs is 1. The number of ether oxygens (including phenoxy) is 2. The molecule has 2 saturated heterocycles. The fraction of sp³-hybridized carbons (Fsp3) is 0.391. The van der Waals surface area contributed by atoms with Gasteiger partial charge in [0.1, 0.15) is 6.07 Å². The van der Waals surface area contributed by atoms with E-state index in [0.717, 1.165) is 6.07 Å². The highest BCUT2D eigenvalue weighted by Gasteiger charge is 2.52. The summed E-state index contributed by atoms with van der Waals surface area (Å²) in [6, 6.07) is 7.97. The molecule has 222 valence electrons. The van der Waals surface area contributed by atoms with E-state index in [4.69, 9.17) is 34.5 Å². The lowest BCUT2D eigenvalue weighted by Crippen LogP contribution is -2.38. The SMILES string of the molecule is N#Cc1ccc(OC[C@]23COC[C@H]2CN(C(=O)c2ccnc(F)c2)C3)nc1.O=C(O)C(F)(F)F.O=C(O)C(F)(F)F. The number of carbonyl (C=O) groups is 3. The molecule has 2 fully saturated rings. The lowest BCUT2D eigenvalue weighted by atomic mass is 9.82. The van der Waals surface area contributed by atoms with Gasteiger partial charge in [0.25, 0.3) is 5.91 Å². The molecule has 41 heavy (non-hydrogen) atoms. The summed E-state index contributed by atoms with van der Waals surface area (Å²) in [5.41, 5.74) is 0.426. The normalized spacial score (nSPS) is 19.5. The summed E-state index contributed by atoms with van der Waals surface area (Å²) in [6.45, 7) is 2.40. The first-order chi connectivity index (χ1) is 19.0. The molecule has 2 aliphatic heterocycles. The van der Waals surface area contributed by atoms with Gasteiger partial charge in [0.05, 0.1) is 30.8 Å². The van der Waals surface area contributed by atoms with Crippen molar-refractivity contribution in [2.24, 2.45) is 11.3 Å². The molecule has 4 rings (SSSR count). The zero-order chi connectivity index (χ0) is 31.0. The molecule has 0 aromatic carbocycles. The second-order valence-electron chi connectivity index (χ2n) is 8.52. The number of carbonyl (C=O) groups excluding carboxylic acids is 1. The van der Waals surface area contributed by atoms with Gasteiger partial charge in [-0.25, -0.2) is 19.6 Å². The number of aromatic nitrogens is 2. The number of alkyl halides is 6. The number of amides is 1. The van der Waals surface area contributed by atoms with E-state index in [9.17, 15) is 35.5 Å². The lowest BCUT2D eigenvalue weighted by Gasteiger charge is -2.26. The number of carboxylic acid groups (broad SMARTS) is 2. The van der Waals surface area contributed by atoms with Crippen LogP contribution in [0, 0.1) is 28.6 Å². The van der Waals surface area contributed by atoms with Crippen molar-refractivity contribution in [1.82, 2.24) is 14.9 Å². The van der Waals surface area contributed by atoms with Crippen molar-refractivity contribution < 1.29 is 64.8 Å². The van der Waals surface area contributed by atoms with Crippen LogP contribution in [0.5, 0.6) is 5.88 Å². The van der Waals surface area contributed by atoms with Crippen LogP contribution in [0.1, 0.15) is 15.9 Å². The summed E-state index contributed by atoms with van der Waals surface area (Å²) < 4.78 is 88.3. The second kappa shape index (κ2) is 13.2. The van der Waals surface area contributed by atoms with E-state index in [-0.39, 0.29) is 22.8 Å². The van der Waals surface area contributed by atoms with Crippen LogP contribution in [-0.2, 0) is 14.3 Å². The number of hydrogen-bond acceptors (Lipinski definition) is 8. The predicted octanol–water partition coefficient (Wildman–Crippen LogP) is 2.92. The topological polar surface area (TPSA) is 163 Å². The van der Waals surface area contributed by atoms with Crippen molar-refractivity contribution in [3.8, 4) is 11.9 Å². The number of likely N-dealkylation sites (tertiary alicyclic amines) is 1. The van der Waals surface area contributed by atoms with E-state index in [1.165, 1.54) is 18.5 Å². The van der Waals surface area contributed by atoms with E-state index in [2.05, 4.69) is 9.97 Å². The predicted molar refractivity (Wildman–Crippen MR) is 119 cm³/mol. The molecule has 0 bridgehead atoms. The molecule has 1 amide bonds. The van der Waals surface area contributed by atoms with Crippen molar-refractivity contribution in [2.75, 3.05) is 32.9 Å². The van der Waals surface area contributed by atoms with Gasteiger partial charge >= 0.3 is 24.3 Å². The van der Waals surface area contributed by atoms with Gasteiger partial charge < -0.3 is 24.6 Å². The number of nitriles is 1. The first-order valence-electron chi connectivity index (χ1n) is 11.1. The van der Waals surface area contributed by atoms with Gasteiger partial charge in [-0.15, -0.1) is 0 Å². The zero-order valence-corrected chi connectivity index (χ0v) is 20.4. The van der Waals surface area contributed by atoms with Crippen molar-refractivity contribution in [1.29, 1.82) is 5.26 Å². The fourth-order valence-corrected chi connectivity index (χ4v) is 3.66. The highest BCUT2D eigenvalue weighted by atomic mass is 19.4. The van der Waals surface area contributed by atoms with Crippen LogP contribution >= 0.6 is 0 Å². The Balaban J connectivity index is 0.000000349. The number of carboxylic acids is 2. The van der Waals surface area contributed by atoms with Crippen LogP contribution in [0.3, 0.4) is 0 Å². The van der Waals surface area contributed by atoms with Crippen LogP contribution in [0.25, 0.3) is 0 Å². The van der Waals surface area contributed by atoms with Gasteiger partial charge in [0.2, 0.25) is 11.8 Å². The van der Waals surface area contributed by atoms with Gasteiger partial charge in [0, 0.05) is 49.1 Å². The highest BCUT2D eigenvalue weighted by molar-refractivity contribution is 5.94. The number of aliphatic carboxylic acids is 2. The van der Waals surface area contributed by atoms with Crippen LogP contribution < -0.4 is 4.74 Å². The zero-order valence-electron chi connectivity index (χ0n) is 20.4. The molecular formula is C23H19F7N4O7. The highest BCUT2D eigenvalue weighted by Crippen LogP contribution is 2.42. The third kappa shape index (κ3) is 9.27. The molecule has 0 unspecified atom stereocenters. The number of pyridine rings is 2. The smallest absolute Gasteiger partial charge is 0.477 e. The molecule has 11 nitrogen and oxygen atoms in total. The van der Waals surface area contributed by atoms with Crippen LogP contribution in [0.2, 0.25) is 0 Å². The summed E-state index contributed by atoms with van der Waals surface area (Å²) >= 11 is 0. The molecule has 0 aliphatic carbocycles. The quantitative estimate of drug-likeness (QED) is 0.396. The van der Waals surface area contributed by atoms with Crippen molar-refractivity contribution >= 4 is 17.8 Å². The fourth-order valence-electron chi connectivity index (χ4n) is 3.66. The van der Waals surface area contributed by atoms with E-state index < -0.39 is 30.2 Å². The van der Waals surface area contributed by atoms with Gasteiger partial charge in [-0.1, -0.05) is 0 Å². The van der Waals surface area contributed by atoms with Crippen LogP contribution in [0.15, 0.2) is 36.7 Å². The maximum atomic E-state index is 13.3. The Morgan fingerprint density at radius 2 is 1.71 bits per heavy atom. The molecule has 2 aromatic heterocycles. The molecule has 0 saturated carbocycles. The Bertz CT molecular complexity index is 1260. The largest absolute Gasteiger partial charge is 0.490 e. The van der Waals surface area contributed by atoms with Gasteiger partial charge in [-0.05, 0) is 12.1 Å².